The van der Waals surface area contributed by atoms with Crippen molar-refractivity contribution >= 4 is 33.4 Å². The van der Waals surface area contributed by atoms with E-state index in [-0.39, 0.29) is 24.4 Å². The summed E-state index contributed by atoms with van der Waals surface area (Å²) in [5, 5.41) is 5.95. The summed E-state index contributed by atoms with van der Waals surface area (Å²) in [6.07, 6.45) is 1.10. The second kappa shape index (κ2) is 8.80. The van der Waals surface area contributed by atoms with E-state index < -0.39 is 28.1 Å². The Morgan fingerprint density at radius 2 is 1.93 bits per heavy atom. The highest BCUT2D eigenvalue weighted by atomic mass is 32.2. The van der Waals surface area contributed by atoms with E-state index in [1.54, 1.807) is 10.8 Å². The first kappa shape index (κ1) is 20.4. The number of amides is 2. The van der Waals surface area contributed by atoms with Crippen LogP contribution >= 0.6 is 11.3 Å². The van der Waals surface area contributed by atoms with E-state index in [9.17, 15) is 22.4 Å². The highest BCUT2D eigenvalue weighted by molar-refractivity contribution is 7.87. The van der Waals surface area contributed by atoms with Gasteiger partial charge in [-0.1, -0.05) is 12.1 Å². The molecular weight excluding hydrogens is 405 g/mol. The van der Waals surface area contributed by atoms with Gasteiger partial charge in [-0.15, -0.1) is 0 Å². The lowest BCUT2D eigenvalue weighted by atomic mass is 10.1. The molecule has 150 valence electrons. The van der Waals surface area contributed by atoms with Crippen molar-refractivity contribution in [3.8, 4) is 0 Å². The van der Waals surface area contributed by atoms with Crippen LogP contribution in [0.4, 0.5) is 4.39 Å². The Bertz CT molecular complexity index is 930. The van der Waals surface area contributed by atoms with Crippen molar-refractivity contribution in [2.75, 3.05) is 6.54 Å². The van der Waals surface area contributed by atoms with E-state index in [0.29, 0.717) is 18.4 Å². The molecule has 1 aromatic carbocycles. The van der Waals surface area contributed by atoms with Crippen LogP contribution in [0.25, 0.3) is 0 Å². The number of thiophene rings is 1. The number of carbonyl (C=O) groups is 2. The van der Waals surface area contributed by atoms with Crippen molar-refractivity contribution in [2.45, 2.75) is 31.8 Å². The first-order chi connectivity index (χ1) is 13.3. The van der Waals surface area contributed by atoms with Gasteiger partial charge < -0.3 is 5.32 Å². The average molecular weight is 426 g/mol. The van der Waals surface area contributed by atoms with Gasteiger partial charge in [-0.2, -0.15) is 24.1 Å². The molecule has 1 fully saturated rings. The van der Waals surface area contributed by atoms with Gasteiger partial charge in [0.25, 0.3) is 5.91 Å². The molecule has 0 saturated carbocycles. The Balaban J connectivity index is 1.66. The molecule has 0 spiro atoms. The smallest absolute Gasteiger partial charge is 0.305 e. The molecule has 0 radical (unpaired) electrons. The van der Waals surface area contributed by atoms with Gasteiger partial charge in [0.2, 0.25) is 5.91 Å². The topological polar surface area (TPSA) is 95.6 Å². The van der Waals surface area contributed by atoms with Crippen LogP contribution in [0, 0.1) is 5.82 Å². The highest BCUT2D eigenvalue weighted by Gasteiger charge is 2.34. The molecular formula is C18H20FN3O4S2. The van der Waals surface area contributed by atoms with Gasteiger partial charge in [-0.3, -0.25) is 9.59 Å². The Morgan fingerprint density at radius 1 is 1.18 bits per heavy atom. The van der Waals surface area contributed by atoms with E-state index in [2.05, 4.69) is 10.0 Å². The highest BCUT2D eigenvalue weighted by Crippen LogP contribution is 2.19. The molecule has 0 aliphatic carbocycles. The predicted octanol–water partition coefficient (Wildman–Crippen LogP) is 2.03. The summed E-state index contributed by atoms with van der Waals surface area (Å²) in [5.41, 5.74) is 0.886. The van der Waals surface area contributed by atoms with Gasteiger partial charge in [-0.25, -0.2) is 9.11 Å². The fourth-order valence-corrected chi connectivity index (χ4v) is 4.96. The molecule has 2 amide bonds. The Hall–Kier alpha value is -2.30. The first-order valence-electron chi connectivity index (χ1n) is 8.75. The average Bonchev–Trinajstić information content (AvgIpc) is 3.18. The minimum Gasteiger partial charge on any atom is -0.339 e. The SMILES string of the molecule is O=C(Cc1ccc(F)cc1)NC1CCCCN1S(=O)(=O)NC(=O)c1ccsc1. The van der Waals surface area contributed by atoms with E-state index in [1.807, 2.05) is 0 Å². The molecule has 1 aromatic heterocycles. The van der Waals surface area contributed by atoms with Crippen molar-refractivity contribution in [1.29, 1.82) is 0 Å². The molecule has 1 aliphatic heterocycles. The summed E-state index contributed by atoms with van der Waals surface area (Å²) < 4.78 is 41.5. The number of halogens is 1. The zero-order chi connectivity index (χ0) is 20.1. The number of hydrogen-bond donors (Lipinski definition) is 2. The number of rotatable bonds is 6. The maximum absolute atomic E-state index is 13.0. The van der Waals surface area contributed by atoms with Crippen molar-refractivity contribution in [1.82, 2.24) is 14.3 Å². The third-order valence-corrected chi connectivity index (χ3v) is 6.55. The molecule has 1 saturated heterocycles. The van der Waals surface area contributed by atoms with E-state index >= 15 is 0 Å². The van der Waals surface area contributed by atoms with Crippen LogP contribution in [0.2, 0.25) is 0 Å². The van der Waals surface area contributed by atoms with Crippen LogP contribution in [0.15, 0.2) is 41.1 Å². The molecule has 1 atom stereocenters. The summed E-state index contributed by atoms with van der Waals surface area (Å²) in [7, 11) is -4.11. The van der Waals surface area contributed by atoms with Gasteiger partial charge >= 0.3 is 10.2 Å². The minimum absolute atomic E-state index is 0.00588. The quantitative estimate of drug-likeness (QED) is 0.740. The number of piperidine rings is 1. The molecule has 2 N–H and O–H groups in total. The van der Waals surface area contributed by atoms with Gasteiger partial charge in [0.1, 0.15) is 5.82 Å². The summed E-state index contributed by atoms with van der Waals surface area (Å²) >= 11 is 1.29. The summed E-state index contributed by atoms with van der Waals surface area (Å²) in [6.45, 7) is 0.202. The zero-order valence-corrected chi connectivity index (χ0v) is 16.6. The van der Waals surface area contributed by atoms with Crippen molar-refractivity contribution in [2.24, 2.45) is 0 Å². The molecule has 10 heteroatoms. The summed E-state index contributed by atoms with van der Waals surface area (Å²) in [5.74, 6) is -1.47. The molecule has 28 heavy (non-hydrogen) atoms. The zero-order valence-electron chi connectivity index (χ0n) is 14.9. The maximum Gasteiger partial charge on any atom is 0.305 e. The Kier molecular flexibility index (Phi) is 6.42. The van der Waals surface area contributed by atoms with Gasteiger partial charge in [-0.05, 0) is 48.4 Å². The monoisotopic (exact) mass is 425 g/mol. The van der Waals surface area contributed by atoms with Crippen molar-refractivity contribution in [3.05, 3.63) is 58.0 Å². The first-order valence-corrected chi connectivity index (χ1v) is 11.1. The second-order valence-electron chi connectivity index (χ2n) is 6.44. The van der Waals surface area contributed by atoms with E-state index in [4.69, 9.17) is 0 Å². The number of nitrogens with one attached hydrogen (secondary N) is 2. The largest absolute Gasteiger partial charge is 0.339 e. The van der Waals surface area contributed by atoms with Gasteiger partial charge in [0, 0.05) is 11.9 Å². The lowest BCUT2D eigenvalue weighted by molar-refractivity contribution is -0.122. The van der Waals surface area contributed by atoms with Crippen molar-refractivity contribution in [3.63, 3.8) is 0 Å². The summed E-state index contributed by atoms with van der Waals surface area (Å²) in [6, 6.07) is 7.07. The Morgan fingerprint density at radius 3 is 2.61 bits per heavy atom. The third-order valence-electron chi connectivity index (χ3n) is 4.37. The molecule has 1 unspecified atom stereocenters. The molecule has 0 bridgehead atoms. The number of nitrogens with zero attached hydrogens (tertiary/aromatic N) is 1. The number of benzene rings is 1. The summed E-state index contributed by atoms with van der Waals surface area (Å²) in [4.78, 5) is 24.5. The molecule has 7 nitrogen and oxygen atoms in total. The lowest BCUT2D eigenvalue weighted by Crippen LogP contribution is -2.57. The molecule has 2 heterocycles. The number of carbonyl (C=O) groups excluding carboxylic acids is 2. The van der Waals surface area contributed by atoms with Crippen molar-refractivity contribution < 1.29 is 22.4 Å². The standard InChI is InChI=1S/C18H20FN3O4S2/c19-15-6-4-13(5-7-15)11-17(23)20-16-3-1-2-9-22(16)28(25,26)21-18(24)14-8-10-27-12-14/h4-8,10,12,16H,1-3,9,11H2,(H,20,23)(H,21,24). The van der Waals surface area contributed by atoms with Crippen LogP contribution < -0.4 is 10.0 Å². The van der Waals surface area contributed by atoms with E-state index in [1.165, 1.54) is 41.7 Å². The molecule has 1 aliphatic rings. The predicted molar refractivity (Wildman–Crippen MR) is 103 cm³/mol. The minimum atomic E-state index is -4.11. The second-order valence-corrected chi connectivity index (χ2v) is 8.84. The van der Waals surface area contributed by atoms with Crippen LogP contribution in [0.1, 0.15) is 35.2 Å². The Labute approximate surface area is 166 Å². The molecule has 2 aromatic rings. The fourth-order valence-electron chi connectivity index (χ4n) is 2.99. The molecule has 3 rings (SSSR count). The fraction of sp³-hybridized carbons (Fsp3) is 0.333. The van der Waals surface area contributed by atoms with Crippen LogP contribution in [-0.4, -0.2) is 37.2 Å². The van der Waals surface area contributed by atoms with Gasteiger partial charge in [0.05, 0.1) is 18.2 Å². The lowest BCUT2D eigenvalue weighted by Gasteiger charge is -2.34. The third kappa shape index (κ3) is 5.15. The maximum atomic E-state index is 13.0. The van der Waals surface area contributed by atoms with Crippen LogP contribution in [-0.2, 0) is 21.4 Å². The number of hydrogen-bond acceptors (Lipinski definition) is 5. The normalized spacial score (nSPS) is 17.8. The van der Waals surface area contributed by atoms with Crippen LogP contribution in [0.3, 0.4) is 0 Å². The van der Waals surface area contributed by atoms with Gasteiger partial charge in [0.15, 0.2) is 0 Å². The van der Waals surface area contributed by atoms with Crippen LogP contribution in [0.5, 0.6) is 0 Å². The van der Waals surface area contributed by atoms with E-state index in [0.717, 1.165) is 10.7 Å².